The van der Waals surface area contributed by atoms with Crippen molar-refractivity contribution in [2.24, 2.45) is 11.8 Å². The van der Waals surface area contributed by atoms with Crippen molar-refractivity contribution in [1.82, 2.24) is 10.2 Å². The lowest BCUT2D eigenvalue weighted by Crippen LogP contribution is -2.35. The minimum absolute atomic E-state index is 0.782. The molecular formula is C15H32N2. The second-order valence-corrected chi connectivity index (χ2v) is 6.21. The van der Waals surface area contributed by atoms with E-state index in [9.17, 15) is 0 Å². The first kappa shape index (κ1) is 15.0. The molecule has 1 aliphatic heterocycles. The third-order valence-corrected chi connectivity index (χ3v) is 3.62. The highest BCUT2D eigenvalue weighted by atomic mass is 15.1. The maximum absolute atomic E-state index is 3.52. The number of unbranched alkanes of at least 4 members (excludes halogenated alkanes) is 2. The highest BCUT2D eigenvalue weighted by Crippen LogP contribution is 2.15. The number of rotatable bonds is 8. The van der Waals surface area contributed by atoms with Gasteiger partial charge in [0.05, 0.1) is 0 Å². The fourth-order valence-electron chi connectivity index (χ4n) is 2.64. The van der Waals surface area contributed by atoms with Crippen LogP contribution in [0.4, 0.5) is 0 Å². The van der Waals surface area contributed by atoms with Crippen LogP contribution in [0, 0.1) is 11.8 Å². The topological polar surface area (TPSA) is 15.3 Å². The molecule has 1 saturated heterocycles. The summed E-state index contributed by atoms with van der Waals surface area (Å²) in [5.74, 6) is 1.71. The second kappa shape index (κ2) is 8.93. The molecule has 2 nitrogen and oxygen atoms in total. The molecule has 17 heavy (non-hydrogen) atoms. The van der Waals surface area contributed by atoms with Crippen LogP contribution in [0.2, 0.25) is 0 Å². The number of nitrogens with one attached hydrogen (secondary N) is 1. The van der Waals surface area contributed by atoms with Crippen LogP contribution >= 0.6 is 0 Å². The smallest absolute Gasteiger partial charge is 0.000703 e. The molecule has 2 heteroatoms. The molecule has 1 aliphatic rings. The van der Waals surface area contributed by atoms with E-state index in [1.54, 1.807) is 0 Å². The molecule has 0 amide bonds. The van der Waals surface area contributed by atoms with Crippen molar-refractivity contribution in [3.8, 4) is 0 Å². The van der Waals surface area contributed by atoms with E-state index in [0.29, 0.717) is 0 Å². The number of hydrogen-bond acceptors (Lipinski definition) is 2. The summed E-state index contributed by atoms with van der Waals surface area (Å²) in [7, 11) is 0. The van der Waals surface area contributed by atoms with Gasteiger partial charge in [0.25, 0.3) is 0 Å². The minimum Gasteiger partial charge on any atom is -0.316 e. The average Bonchev–Trinajstić information content (AvgIpc) is 2.27. The number of nitrogens with zero attached hydrogens (tertiary/aromatic N) is 1. The van der Waals surface area contributed by atoms with Crippen LogP contribution in [0.15, 0.2) is 0 Å². The minimum atomic E-state index is 0.782. The van der Waals surface area contributed by atoms with Crippen LogP contribution < -0.4 is 5.32 Å². The lowest BCUT2D eigenvalue weighted by Gasteiger charge is -2.30. The Labute approximate surface area is 108 Å². The zero-order valence-corrected chi connectivity index (χ0v) is 12.2. The average molecular weight is 240 g/mol. The summed E-state index contributed by atoms with van der Waals surface area (Å²) in [5.41, 5.74) is 0. The molecule has 1 heterocycles. The molecule has 0 aliphatic carbocycles. The predicted octanol–water partition coefficient (Wildman–Crippen LogP) is 3.13. The molecule has 0 aromatic heterocycles. The van der Waals surface area contributed by atoms with Crippen LogP contribution in [0.25, 0.3) is 0 Å². The summed E-state index contributed by atoms with van der Waals surface area (Å²) in [6.07, 6.45) is 6.97. The Balaban J connectivity index is 1.86. The third kappa shape index (κ3) is 7.77. The fraction of sp³-hybridized carbons (Fsp3) is 1.00. The first-order chi connectivity index (χ1) is 8.18. The van der Waals surface area contributed by atoms with E-state index in [4.69, 9.17) is 0 Å². The van der Waals surface area contributed by atoms with Gasteiger partial charge in [0.15, 0.2) is 0 Å². The van der Waals surface area contributed by atoms with Gasteiger partial charge >= 0.3 is 0 Å². The molecule has 1 N–H and O–H groups in total. The van der Waals surface area contributed by atoms with E-state index in [0.717, 1.165) is 11.8 Å². The van der Waals surface area contributed by atoms with E-state index in [1.807, 2.05) is 0 Å². The number of hydrogen-bond donors (Lipinski definition) is 1. The summed E-state index contributed by atoms with van der Waals surface area (Å²) in [4.78, 5) is 2.66. The highest BCUT2D eigenvalue weighted by molar-refractivity contribution is 4.69. The van der Waals surface area contributed by atoms with Gasteiger partial charge in [-0.05, 0) is 63.7 Å². The van der Waals surface area contributed by atoms with Crippen molar-refractivity contribution >= 4 is 0 Å². The Hall–Kier alpha value is -0.0800. The third-order valence-electron chi connectivity index (χ3n) is 3.62. The fourth-order valence-corrected chi connectivity index (χ4v) is 2.64. The first-order valence-corrected chi connectivity index (χ1v) is 7.61. The lowest BCUT2D eigenvalue weighted by molar-refractivity contribution is 0.181. The molecule has 0 aromatic rings. The van der Waals surface area contributed by atoms with E-state index < -0.39 is 0 Å². The summed E-state index contributed by atoms with van der Waals surface area (Å²) in [5, 5.41) is 3.52. The second-order valence-electron chi connectivity index (χ2n) is 6.21. The van der Waals surface area contributed by atoms with E-state index in [-0.39, 0.29) is 0 Å². The Bertz CT molecular complexity index is 180. The quantitative estimate of drug-likeness (QED) is 0.656. The molecule has 102 valence electrons. The summed E-state index contributed by atoms with van der Waals surface area (Å²) in [6, 6.07) is 0. The molecule has 1 fully saturated rings. The molecule has 0 aromatic carbocycles. The van der Waals surface area contributed by atoms with E-state index in [2.05, 4.69) is 31.0 Å². The molecule has 0 saturated carbocycles. The Kier molecular flexibility index (Phi) is 7.87. The normalized spacial score (nSPS) is 22.2. The summed E-state index contributed by atoms with van der Waals surface area (Å²) in [6.45, 7) is 13.3. The molecular weight excluding hydrogens is 208 g/mol. The molecule has 1 rings (SSSR count). The van der Waals surface area contributed by atoms with Gasteiger partial charge in [0, 0.05) is 6.54 Å². The zero-order chi connectivity index (χ0) is 12.5. The molecule has 0 bridgehead atoms. The van der Waals surface area contributed by atoms with Crippen LogP contribution in [0.3, 0.4) is 0 Å². The van der Waals surface area contributed by atoms with Gasteiger partial charge < -0.3 is 10.2 Å². The van der Waals surface area contributed by atoms with Gasteiger partial charge in [-0.3, -0.25) is 0 Å². The Morgan fingerprint density at radius 2 is 2.06 bits per heavy atom. The van der Waals surface area contributed by atoms with Gasteiger partial charge in [-0.25, -0.2) is 0 Å². The Morgan fingerprint density at radius 1 is 1.24 bits per heavy atom. The maximum Gasteiger partial charge on any atom is 0.000703 e. The Morgan fingerprint density at radius 3 is 2.76 bits per heavy atom. The van der Waals surface area contributed by atoms with E-state index in [1.165, 1.54) is 64.8 Å². The van der Waals surface area contributed by atoms with Crippen molar-refractivity contribution in [2.45, 2.75) is 52.9 Å². The molecule has 0 radical (unpaired) electrons. The predicted molar refractivity (Wildman–Crippen MR) is 76.4 cm³/mol. The molecule has 1 unspecified atom stereocenters. The first-order valence-electron chi connectivity index (χ1n) is 7.61. The monoisotopic (exact) mass is 240 g/mol. The largest absolute Gasteiger partial charge is 0.316 e. The van der Waals surface area contributed by atoms with Gasteiger partial charge in [0.1, 0.15) is 0 Å². The lowest BCUT2D eigenvalue weighted by atomic mass is 10.00. The number of piperidine rings is 1. The standard InChI is InChI=1S/C15H32N2/c1-14(2)12-16-9-5-4-6-10-17-11-7-8-15(3)13-17/h14-16H,4-13H2,1-3H3. The zero-order valence-electron chi connectivity index (χ0n) is 12.2. The van der Waals surface area contributed by atoms with Gasteiger partial charge in [-0.2, -0.15) is 0 Å². The molecule has 0 spiro atoms. The van der Waals surface area contributed by atoms with Crippen LogP contribution in [0.5, 0.6) is 0 Å². The van der Waals surface area contributed by atoms with Gasteiger partial charge in [-0.1, -0.05) is 27.2 Å². The van der Waals surface area contributed by atoms with Crippen molar-refractivity contribution in [3.63, 3.8) is 0 Å². The van der Waals surface area contributed by atoms with Crippen LogP contribution in [-0.4, -0.2) is 37.6 Å². The van der Waals surface area contributed by atoms with E-state index >= 15 is 0 Å². The summed E-state index contributed by atoms with van der Waals surface area (Å²) >= 11 is 0. The number of likely N-dealkylation sites (tertiary alicyclic amines) is 1. The highest BCUT2D eigenvalue weighted by Gasteiger charge is 2.14. The maximum atomic E-state index is 3.52. The van der Waals surface area contributed by atoms with Crippen LogP contribution in [0.1, 0.15) is 52.9 Å². The van der Waals surface area contributed by atoms with Crippen LogP contribution in [-0.2, 0) is 0 Å². The SMILES string of the molecule is CC(C)CNCCCCCN1CCCC(C)C1. The molecule has 1 atom stereocenters. The van der Waals surface area contributed by atoms with Crippen molar-refractivity contribution < 1.29 is 0 Å². The van der Waals surface area contributed by atoms with Gasteiger partial charge in [-0.15, -0.1) is 0 Å². The summed E-state index contributed by atoms with van der Waals surface area (Å²) < 4.78 is 0. The van der Waals surface area contributed by atoms with Crippen molar-refractivity contribution in [1.29, 1.82) is 0 Å². The van der Waals surface area contributed by atoms with Crippen molar-refractivity contribution in [2.75, 3.05) is 32.7 Å². The van der Waals surface area contributed by atoms with Crippen molar-refractivity contribution in [3.05, 3.63) is 0 Å². The van der Waals surface area contributed by atoms with Gasteiger partial charge in [0.2, 0.25) is 0 Å².